The second-order valence-corrected chi connectivity index (χ2v) is 6.61. The molecule has 0 aliphatic carbocycles. The molecule has 2 nitrogen and oxygen atoms in total. The van der Waals surface area contributed by atoms with Gasteiger partial charge in [-0.1, -0.05) is 31.5 Å². The molecule has 108 valence electrons. The number of rotatable bonds is 5. The van der Waals surface area contributed by atoms with Gasteiger partial charge in [0.25, 0.3) is 0 Å². The van der Waals surface area contributed by atoms with Gasteiger partial charge in [0.1, 0.15) is 5.75 Å². The molecule has 0 N–H and O–H groups in total. The molecule has 0 radical (unpaired) electrons. The minimum Gasteiger partial charge on any atom is -0.492 e. The van der Waals surface area contributed by atoms with Crippen molar-refractivity contribution in [2.75, 3.05) is 13.7 Å². The van der Waals surface area contributed by atoms with Crippen molar-refractivity contribution in [1.29, 1.82) is 0 Å². The summed E-state index contributed by atoms with van der Waals surface area (Å²) in [6.45, 7) is 15.5. The molecule has 0 atom stereocenters. The van der Waals surface area contributed by atoms with E-state index in [0.717, 1.165) is 5.75 Å². The molecule has 0 fully saturated rings. The molecule has 2 heteroatoms. The van der Waals surface area contributed by atoms with E-state index in [1.807, 2.05) is 0 Å². The Bertz CT molecular complexity index is 422. The van der Waals surface area contributed by atoms with Crippen LogP contribution in [0.2, 0.25) is 0 Å². The van der Waals surface area contributed by atoms with Crippen molar-refractivity contribution in [2.24, 2.45) is 5.41 Å². The molecule has 19 heavy (non-hydrogen) atoms. The molecule has 0 saturated heterocycles. The topological polar surface area (TPSA) is 18.5 Å². The van der Waals surface area contributed by atoms with Crippen molar-refractivity contribution < 1.29 is 9.47 Å². The monoisotopic (exact) mass is 264 g/mol. The normalized spacial score (nSPS) is 12.6. The fourth-order valence-electron chi connectivity index (χ4n) is 2.10. The summed E-state index contributed by atoms with van der Waals surface area (Å²) in [5, 5.41) is 0. The first-order valence-corrected chi connectivity index (χ1v) is 6.86. The summed E-state index contributed by atoms with van der Waals surface area (Å²) in [5.41, 5.74) is 3.39. The molecule has 0 unspecified atom stereocenters. The fourth-order valence-corrected chi connectivity index (χ4v) is 2.10. The first-order chi connectivity index (χ1) is 8.60. The second kappa shape index (κ2) is 5.54. The SMILES string of the molecule is COC(C)(C)C(C)(C)COc1c(C)cc(C)cc1C. The average Bonchev–Trinajstić information content (AvgIpc) is 2.27. The lowest BCUT2D eigenvalue weighted by Gasteiger charge is -2.40. The van der Waals surface area contributed by atoms with E-state index in [1.165, 1.54) is 16.7 Å². The summed E-state index contributed by atoms with van der Waals surface area (Å²) < 4.78 is 11.7. The van der Waals surface area contributed by atoms with Crippen molar-refractivity contribution in [3.63, 3.8) is 0 Å². The molecule has 0 saturated carbocycles. The Labute approximate surface area is 118 Å². The Balaban J connectivity index is 2.89. The van der Waals surface area contributed by atoms with Crippen molar-refractivity contribution in [3.8, 4) is 5.75 Å². The Morgan fingerprint density at radius 1 is 0.947 bits per heavy atom. The summed E-state index contributed by atoms with van der Waals surface area (Å²) in [7, 11) is 1.75. The van der Waals surface area contributed by atoms with Gasteiger partial charge in [-0.3, -0.25) is 0 Å². The first-order valence-electron chi connectivity index (χ1n) is 6.86. The van der Waals surface area contributed by atoms with Crippen LogP contribution in [0.1, 0.15) is 44.4 Å². The summed E-state index contributed by atoms with van der Waals surface area (Å²) in [6.07, 6.45) is 0. The molecule has 0 heterocycles. The summed E-state index contributed by atoms with van der Waals surface area (Å²) in [6, 6.07) is 4.33. The summed E-state index contributed by atoms with van der Waals surface area (Å²) in [5.74, 6) is 1.01. The van der Waals surface area contributed by atoms with Crippen LogP contribution >= 0.6 is 0 Å². The highest BCUT2D eigenvalue weighted by Crippen LogP contribution is 2.35. The van der Waals surface area contributed by atoms with Gasteiger partial charge in [0.05, 0.1) is 12.2 Å². The molecular weight excluding hydrogens is 236 g/mol. The van der Waals surface area contributed by atoms with Crippen LogP contribution in [0.25, 0.3) is 0 Å². The minimum absolute atomic E-state index is 0.0640. The van der Waals surface area contributed by atoms with Crippen molar-refractivity contribution >= 4 is 0 Å². The third-order valence-electron chi connectivity index (χ3n) is 4.32. The predicted octanol–water partition coefficient (Wildman–Crippen LogP) is 4.44. The van der Waals surface area contributed by atoms with Crippen molar-refractivity contribution in [3.05, 3.63) is 28.8 Å². The van der Waals surface area contributed by atoms with Crippen LogP contribution in [0.3, 0.4) is 0 Å². The van der Waals surface area contributed by atoms with Crippen LogP contribution in [0, 0.1) is 26.2 Å². The minimum atomic E-state index is -0.223. The van der Waals surface area contributed by atoms with Crippen molar-refractivity contribution in [1.82, 2.24) is 0 Å². The predicted molar refractivity (Wildman–Crippen MR) is 81.0 cm³/mol. The first kappa shape index (κ1) is 16.0. The van der Waals surface area contributed by atoms with Gasteiger partial charge in [-0.25, -0.2) is 0 Å². The molecule has 0 bridgehead atoms. The zero-order chi connectivity index (χ0) is 14.8. The lowest BCUT2D eigenvalue weighted by molar-refractivity contribution is -0.0876. The average molecular weight is 264 g/mol. The van der Waals surface area contributed by atoms with E-state index in [-0.39, 0.29) is 11.0 Å². The Kier molecular flexibility index (Phi) is 4.67. The van der Waals surface area contributed by atoms with Gasteiger partial charge in [0.2, 0.25) is 0 Å². The highest BCUT2D eigenvalue weighted by atomic mass is 16.5. The highest BCUT2D eigenvalue weighted by molar-refractivity contribution is 5.42. The van der Waals surface area contributed by atoms with E-state index in [0.29, 0.717) is 6.61 Å². The Hall–Kier alpha value is -1.02. The van der Waals surface area contributed by atoms with Crippen LogP contribution in [0.4, 0.5) is 0 Å². The van der Waals surface area contributed by atoms with E-state index < -0.39 is 0 Å². The quantitative estimate of drug-likeness (QED) is 0.782. The smallest absolute Gasteiger partial charge is 0.125 e. The van der Waals surface area contributed by atoms with Gasteiger partial charge in [-0.2, -0.15) is 0 Å². The molecule has 0 aromatic heterocycles. The fraction of sp³-hybridized carbons (Fsp3) is 0.647. The van der Waals surface area contributed by atoms with E-state index in [2.05, 4.69) is 60.6 Å². The van der Waals surface area contributed by atoms with Gasteiger partial charge < -0.3 is 9.47 Å². The number of methoxy groups -OCH3 is 1. The number of hydrogen-bond donors (Lipinski definition) is 0. The van der Waals surface area contributed by atoms with Gasteiger partial charge in [0.15, 0.2) is 0 Å². The number of aryl methyl sites for hydroxylation is 3. The number of benzene rings is 1. The zero-order valence-electron chi connectivity index (χ0n) is 13.7. The third-order valence-corrected chi connectivity index (χ3v) is 4.32. The number of hydrogen-bond acceptors (Lipinski definition) is 2. The molecule has 1 aromatic carbocycles. The second-order valence-electron chi connectivity index (χ2n) is 6.61. The standard InChI is InChI=1S/C17H28O2/c1-12-9-13(2)15(14(3)10-12)19-11-16(4,5)17(6,7)18-8/h9-10H,11H2,1-8H3. The van der Waals surface area contributed by atoms with Crippen LogP contribution in [0.15, 0.2) is 12.1 Å². The maximum Gasteiger partial charge on any atom is 0.125 e. The van der Waals surface area contributed by atoms with Gasteiger partial charge in [-0.15, -0.1) is 0 Å². The largest absolute Gasteiger partial charge is 0.492 e. The van der Waals surface area contributed by atoms with Crippen LogP contribution < -0.4 is 4.74 Å². The molecule has 0 aliphatic heterocycles. The maximum absolute atomic E-state index is 6.10. The van der Waals surface area contributed by atoms with Gasteiger partial charge >= 0.3 is 0 Å². The van der Waals surface area contributed by atoms with Crippen LogP contribution in [0.5, 0.6) is 5.75 Å². The van der Waals surface area contributed by atoms with E-state index in [4.69, 9.17) is 9.47 Å². The van der Waals surface area contributed by atoms with E-state index >= 15 is 0 Å². The van der Waals surface area contributed by atoms with E-state index in [1.54, 1.807) is 7.11 Å². The molecule has 1 rings (SSSR count). The molecule has 0 spiro atoms. The lowest BCUT2D eigenvalue weighted by atomic mass is 9.78. The van der Waals surface area contributed by atoms with Crippen LogP contribution in [-0.4, -0.2) is 19.3 Å². The Morgan fingerprint density at radius 3 is 1.84 bits per heavy atom. The summed E-state index contributed by atoms with van der Waals surface area (Å²) >= 11 is 0. The molecular formula is C17H28O2. The summed E-state index contributed by atoms with van der Waals surface area (Å²) in [4.78, 5) is 0. The van der Waals surface area contributed by atoms with Gasteiger partial charge in [0, 0.05) is 12.5 Å². The Morgan fingerprint density at radius 2 is 1.42 bits per heavy atom. The third kappa shape index (κ3) is 3.50. The maximum atomic E-state index is 6.10. The lowest BCUT2D eigenvalue weighted by Crippen LogP contribution is -2.44. The van der Waals surface area contributed by atoms with E-state index in [9.17, 15) is 0 Å². The van der Waals surface area contributed by atoms with Crippen LogP contribution in [-0.2, 0) is 4.74 Å². The van der Waals surface area contributed by atoms with Crippen molar-refractivity contribution in [2.45, 2.75) is 54.1 Å². The zero-order valence-corrected chi connectivity index (χ0v) is 13.7. The number of ether oxygens (including phenoxy) is 2. The molecule has 0 amide bonds. The molecule has 1 aromatic rings. The molecule has 0 aliphatic rings. The van der Waals surface area contributed by atoms with Gasteiger partial charge in [-0.05, 0) is 45.7 Å². The highest BCUT2D eigenvalue weighted by Gasteiger charge is 2.38.